The first-order chi connectivity index (χ1) is 22.1. The Hall–Kier alpha value is -3.80. The summed E-state index contributed by atoms with van der Waals surface area (Å²) in [4.78, 5) is 0. The molecule has 45 heavy (non-hydrogen) atoms. The maximum atomic E-state index is 6.08. The number of nitrogens with two attached hydrogens (primary N) is 1. The van der Waals surface area contributed by atoms with Crippen molar-refractivity contribution in [2.75, 3.05) is 59.7 Å². The van der Waals surface area contributed by atoms with Crippen LogP contribution in [0.1, 0.15) is 45.2 Å². The zero-order valence-electron chi connectivity index (χ0n) is 25.5. The summed E-state index contributed by atoms with van der Waals surface area (Å²) in [5.41, 5.74) is 15.2. The average molecular weight is 586 g/mol. The van der Waals surface area contributed by atoms with E-state index in [0.717, 1.165) is 30.5 Å². The van der Waals surface area contributed by atoms with Gasteiger partial charge >= 0.3 is 0 Å². The van der Waals surface area contributed by atoms with Crippen LogP contribution < -0.4 is 5.73 Å². The summed E-state index contributed by atoms with van der Waals surface area (Å²) >= 11 is 0. The molecular weight excluding hydrogens is 552 g/mol. The molecule has 0 saturated carbocycles. The van der Waals surface area contributed by atoms with Gasteiger partial charge in [-0.15, -0.1) is 0 Å². The van der Waals surface area contributed by atoms with E-state index < -0.39 is 0 Å². The highest BCUT2D eigenvalue weighted by Gasteiger charge is 2.49. The molecule has 0 spiro atoms. The molecule has 1 aliphatic heterocycles. The molecule has 2 atom stereocenters. The second kappa shape index (κ2) is 7.27. The Kier molecular flexibility index (Phi) is 3.80. The highest BCUT2D eigenvalue weighted by molar-refractivity contribution is 6.58. The van der Waals surface area contributed by atoms with Crippen LogP contribution >= 0.6 is 0 Å². The van der Waals surface area contributed by atoms with Crippen molar-refractivity contribution in [3.05, 3.63) is 69.8 Å². The lowest BCUT2D eigenvalue weighted by Crippen LogP contribution is -2.44. The van der Waals surface area contributed by atoms with E-state index in [2.05, 4.69) is 43.4 Å². The van der Waals surface area contributed by atoms with Gasteiger partial charge in [-0.1, -0.05) is 36.4 Å². The van der Waals surface area contributed by atoms with Crippen molar-refractivity contribution >= 4 is 86.2 Å². The van der Waals surface area contributed by atoms with Gasteiger partial charge in [0.1, 0.15) is 6.54 Å². The SMILES string of the molecule is C[N+]1(CCOCCOCCN)CC2c3cc4c5c6c(cc7ccc8cc9c%10c%11c(cc(c%12c3c5c(c%12%11)c3c6c7c8c%103)C2C1)C9)C4. The Balaban J connectivity index is 1.10. The molecule has 4 aliphatic rings. The smallest absolute Gasteiger partial charge is 0.102 e. The van der Waals surface area contributed by atoms with Crippen LogP contribution in [0.25, 0.3) is 86.2 Å². The molecule has 0 aromatic heterocycles. The maximum Gasteiger partial charge on any atom is 0.102 e. The first kappa shape index (κ1) is 23.5. The quantitative estimate of drug-likeness (QED) is 0.114. The molecule has 2 unspecified atom stereocenters. The van der Waals surface area contributed by atoms with E-state index in [9.17, 15) is 0 Å². The molecule has 9 aromatic rings. The van der Waals surface area contributed by atoms with E-state index in [0.29, 0.717) is 38.2 Å². The van der Waals surface area contributed by atoms with Crippen molar-refractivity contribution in [1.82, 2.24) is 0 Å². The summed E-state index contributed by atoms with van der Waals surface area (Å²) < 4.78 is 12.7. The summed E-state index contributed by atoms with van der Waals surface area (Å²) in [6, 6.07) is 15.3. The van der Waals surface area contributed by atoms with Crippen molar-refractivity contribution in [3.8, 4) is 0 Å². The van der Waals surface area contributed by atoms with E-state index in [1.165, 1.54) is 23.9 Å². The Labute approximate surface area is 259 Å². The summed E-state index contributed by atoms with van der Waals surface area (Å²) in [5.74, 6) is 1.12. The summed E-state index contributed by atoms with van der Waals surface area (Å²) in [6.07, 6.45) is 2.15. The van der Waals surface area contributed by atoms with Crippen molar-refractivity contribution < 1.29 is 14.0 Å². The van der Waals surface area contributed by atoms with E-state index in [4.69, 9.17) is 15.2 Å². The van der Waals surface area contributed by atoms with E-state index in [1.54, 1.807) is 109 Å². The normalized spacial score (nSPS) is 23.3. The van der Waals surface area contributed by atoms with Gasteiger partial charge in [-0.2, -0.15) is 0 Å². The topological polar surface area (TPSA) is 44.5 Å². The predicted octanol–water partition coefficient (Wildman–Crippen LogP) is 7.54. The fourth-order valence-corrected chi connectivity index (χ4v) is 11.8. The number of likely N-dealkylation sites (tertiary alicyclic amines) is 1. The molecule has 4 heteroatoms. The Morgan fingerprint density at radius 2 is 1.00 bits per heavy atom. The van der Waals surface area contributed by atoms with Gasteiger partial charge in [-0.05, 0) is 132 Å². The molecule has 1 saturated heterocycles. The molecule has 1 heterocycles. The van der Waals surface area contributed by atoms with Gasteiger partial charge in [0.25, 0.3) is 0 Å². The number of fused-ring (bicyclic) bond motifs is 3. The number of hydrogen-bond acceptors (Lipinski definition) is 3. The van der Waals surface area contributed by atoms with Gasteiger partial charge < -0.3 is 19.7 Å². The molecule has 9 aromatic carbocycles. The second-order valence-electron chi connectivity index (χ2n) is 15.4. The highest BCUT2D eigenvalue weighted by atomic mass is 16.5. The molecule has 0 amide bonds. The number of quaternary nitrogens is 1. The standard InChI is InChI=1S/C41H33N2O2/c1-43(5-7-45-9-8-44-6-4-42)16-26-24-14-22-12-20-10-18-2-3-19-11-21-13-23-15-25(27(26)17-43)35-34(24)38-32(22)30(20)36-28(18)29(19)37-31(21)33(23)39(35)41(38)40(36)37/h2-3,10-11,14-15,26-27H,4-9,12-13,16-17,42H2,1H3/q+1. The molecule has 2 N–H and O–H groups in total. The third-order valence-corrected chi connectivity index (χ3v) is 13.2. The fraction of sp³-hybridized carbons (Fsp3) is 0.317. The van der Waals surface area contributed by atoms with Crippen molar-refractivity contribution in [2.45, 2.75) is 24.7 Å². The number of hydrogen-bond donors (Lipinski definition) is 1. The zero-order chi connectivity index (χ0) is 29.1. The van der Waals surface area contributed by atoms with Gasteiger partial charge in [-0.25, -0.2) is 0 Å². The maximum absolute atomic E-state index is 6.08. The average Bonchev–Trinajstić information content (AvgIpc) is 3.83. The first-order valence-corrected chi connectivity index (χ1v) is 17.1. The van der Waals surface area contributed by atoms with Crippen LogP contribution in [0.5, 0.6) is 0 Å². The number of nitrogens with zero attached hydrogens (tertiary/aromatic N) is 1. The first-order valence-electron chi connectivity index (χ1n) is 17.1. The predicted molar refractivity (Wildman–Crippen MR) is 185 cm³/mol. The summed E-state index contributed by atoms with van der Waals surface area (Å²) in [6.45, 7) is 6.65. The number of benzene rings is 7. The molecule has 13 rings (SSSR count). The van der Waals surface area contributed by atoms with Crippen LogP contribution in [0.2, 0.25) is 0 Å². The number of likely N-dealkylation sites (N-methyl/N-ethyl adjacent to an activating group) is 1. The minimum absolute atomic E-state index is 0.558. The second-order valence-corrected chi connectivity index (χ2v) is 15.4. The molecule has 218 valence electrons. The van der Waals surface area contributed by atoms with Crippen molar-refractivity contribution in [2.24, 2.45) is 5.73 Å². The van der Waals surface area contributed by atoms with E-state index >= 15 is 0 Å². The lowest BCUT2D eigenvalue weighted by Gasteiger charge is -2.30. The van der Waals surface area contributed by atoms with Gasteiger partial charge in [0.05, 0.1) is 46.6 Å². The molecule has 0 radical (unpaired) electrons. The van der Waals surface area contributed by atoms with Crippen LogP contribution in [0.3, 0.4) is 0 Å². The van der Waals surface area contributed by atoms with Crippen LogP contribution in [0.4, 0.5) is 0 Å². The van der Waals surface area contributed by atoms with Gasteiger partial charge in [0.15, 0.2) is 0 Å². The van der Waals surface area contributed by atoms with Crippen LogP contribution in [-0.4, -0.2) is 64.1 Å². The van der Waals surface area contributed by atoms with Crippen LogP contribution in [-0.2, 0) is 22.3 Å². The number of rotatable bonds is 8. The molecule has 4 nitrogen and oxygen atoms in total. The molecule has 3 aliphatic carbocycles. The Morgan fingerprint density at radius 3 is 1.51 bits per heavy atom. The minimum Gasteiger partial charge on any atom is -0.378 e. The molecule has 1 fully saturated rings. The van der Waals surface area contributed by atoms with Crippen LogP contribution in [0, 0.1) is 0 Å². The summed E-state index contributed by atoms with van der Waals surface area (Å²) in [5, 5.41) is 25.2. The zero-order valence-corrected chi connectivity index (χ0v) is 25.5. The van der Waals surface area contributed by atoms with E-state index in [-0.39, 0.29) is 0 Å². The largest absolute Gasteiger partial charge is 0.378 e. The Morgan fingerprint density at radius 1 is 0.556 bits per heavy atom. The van der Waals surface area contributed by atoms with E-state index in [1.807, 2.05) is 0 Å². The highest BCUT2D eigenvalue weighted by Crippen LogP contribution is 2.65. The lowest BCUT2D eigenvalue weighted by molar-refractivity contribution is -0.899. The number of ether oxygens (including phenoxy) is 2. The van der Waals surface area contributed by atoms with Crippen molar-refractivity contribution in [3.63, 3.8) is 0 Å². The van der Waals surface area contributed by atoms with Crippen molar-refractivity contribution in [1.29, 1.82) is 0 Å². The van der Waals surface area contributed by atoms with Gasteiger partial charge in [0, 0.05) is 18.4 Å². The molecular formula is C41H33N2O2+. The monoisotopic (exact) mass is 585 g/mol. The minimum atomic E-state index is 0.558. The van der Waals surface area contributed by atoms with Crippen LogP contribution in [0.15, 0.2) is 36.4 Å². The molecule has 0 bridgehead atoms. The lowest BCUT2D eigenvalue weighted by atomic mass is 9.75. The van der Waals surface area contributed by atoms with Gasteiger partial charge in [-0.3, -0.25) is 0 Å². The third kappa shape index (κ3) is 2.37. The fourth-order valence-electron chi connectivity index (χ4n) is 11.8. The Bertz CT molecular complexity index is 2590. The third-order valence-electron chi connectivity index (χ3n) is 13.2. The van der Waals surface area contributed by atoms with Gasteiger partial charge in [0.2, 0.25) is 0 Å². The summed E-state index contributed by atoms with van der Waals surface area (Å²) in [7, 11) is 2.48.